The quantitative estimate of drug-likeness (QED) is 0.214. The second-order valence-electron chi connectivity index (χ2n) is 9.15. The average molecular weight is 519 g/mol. The summed E-state index contributed by atoms with van der Waals surface area (Å²) in [5, 5.41) is 12.5. The summed E-state index contributed by atoms with van der Waals surface area (Å²) in [5.41, 5.74) is 2.87. The Balaban J connectivity index is 1.73. The smallest absolute Gasteiger partial charge is 0.321 e. The van der Waals surface area contributed by atoms with Gasteiger partial charge in [-0.15, -0.1) is 0 Å². The maximum absolute atomic E-state index is 13.2. The third-order valence-electron chi connectivity index (χ3n) is 6.37. The molecule has 0 spiro atoms. The van der Waals surface area contributed by atoms with Crippen LogP contribution in [0.5, 0.6) is 0 Å². The lowest BCUT2D eigenvalue weighted by molar-refractivity contribution is -0.138. The number of unbranched alkanes of at least 4 members (excludes halogenated alkanes) is 3. The molecule has 5 nitrogen and oxygen atoms in total. The number of nitrogens with one attached hydrogen (secondary N) is 1. The molecule has 1 atom stereocenters. The van der Waals surface area contributed by atoms with Crippen LogP contribution in [-0.2, 0) is 11.2 Å². The summed E-state index contributed by atoms with van der Waals surface area (Å²) in [5.74, 6) is -1.28. The van der Waals surface area contributed by atoms with E-state index in [4.69, 9.17) is 0 Å². The highest BCUT2D eigenvalue weighted by Crippen LogP contribution is 2.32. The minimum atomic E-state index is -0.796. The summed E-state index contributed by atoms with van der Waals surface area (Å²) in [6.45, 7) is 5.33. The van der Waals surface area contributed by atoms with Crippen molar-refractivity contribution >= 4 is 29.4 Å². The Hall–Kier alpha value is -3.25. The molecule has 0 saturated heterocycles. The maximum atomic E-state index is 13.2. The number of carbonyl (C=O) groups excluding carboxylic acids is 1. The summed E-state index contributed by atoms with van der Waals surface area (Å²) < 4.78 is 0. The lowest BCUT2D eigenvalue weighted by atomic mass is 9.97. The van der Waals surface area contributed by atoms with Gasteiger partial charge in [0.1, 0.15) is 0 Å². The summed E-state index contributed by atoms with van der Waals surface area (Å²) in [4.78, 5) is 28.6. The molecule has 2 N–H and O–H groups in total. The average Bonchev–Trinajstić information content (AvgIpc) is 2.91. The summed E-state index contributed by atoms with van der Waals surface area (Å²) in [6.07, 6.45) is 5.79. The van der Waals surface area contributed by atoms with Crippen LogP contribution in [0.2, 0.25) is 0 Å². The molecular formula is C31H38N2O3S. The van der Waals surface area contributed by atoms with E-state index in [1.54, 1.807) is 11.8 Å². The van der Waals surface area contributed by atoms with Crippen LogP contribution in [0.1, 0.15) is 63.0 Å². The van der Waals surface area contributed by atoms with Gasteiger partial charge in [0.15, 0.2) is 0 Å². The number of carboxylic acid groups (broad SMARTS) is 1. The van der Waals surface area contributed by atoms with E-state index in [1.807, 2.05) is 78.6 Å². The monoisotopic (exact) mass is 518 g/mol. The molecule has 0 heterocycles. The summed E-state index contributed by atoms with van der Waals surface area (Å²) in [6, 6.07) is 25.9. The molecule has 0 aliphatic rings. The standard InChI is InChI=1S/C31H38N2O3S/c1-3-5-6-10-21-32-31(36)33(22-20-24-12-8-7-9-13-24)26-14-11-15-28(23-26)37-27-18-16-25(17-19-27)29(4-2)30(34)35/h7-9,11-19,23,29H,3-6,10,20-22H2,1-2H3,(H,32,36)(H,34,35). The van der Waals surface area contributed by atoms with Gasteiger partial charge in [-0.1, -0.05) is 93.4 Å². The number of carboxylic acids is 1. The van der Waals surface area contributed by atoms with Crippen LogP contribution in [-0.4, -0.2) is 30.2 Å². The molecule has 196 valence electrons. The van der Waals surface area contributed by atoms with Gasteiger partial charge in [0.2, 0.25) is 0 Å². The maximum Gasteiger partial charge on any atom is 0.321 e. The Morgan fingerprint density at radius 1 is 0.892 bits per heavy atom. The molecule has 3 aromatic rings. The van der Waals surface area contributed by atoms with Crippen molar-refractivity contribution in [3.8, 4) is 0 Å². The second kappa shape index (κ2) is 15.1. The molecule has 37 heavy (non-hydrogen) atoms. The molecule has 0 aliphatic heterocycles. The van der Waals surface area contributed by atoms with E-state index in [1.165, 1.54) is 18.4 Å². The number of nitrogens with zero attached hydrogens (tertiary/aromatic N) is 1. The molecular weight excluding hydrogens is 480 g/mol. The summed E-state index contributed by atoms with van der Waals surface area (Å²) in [7, 11) is 0. The number of hydrogen-bond acceptors (Lipinski definition) is 3. The fourth-order valence-electron chi connectivity index (χ4n) is 4.25. The number of hydrogen-bond donors (Lipinski definition) is 2. The first-order valence-corrected chi connectivity index (χ1v) is 14.0. The minimum absolute atomic E-state index is 0.0711. The second-order valence-corrected chi connectivity index (χ2v) is 10.3. The molecule has 0 aromatic heterocycles. The van der Waals surface area contributed by atoms with Crippen LogP contribution in [0.3, 0.4) is 0 Å². The molecule has 0 fully saturated rings. The van der Waals surface area contributed by atoms with Gasteiger partial charge in [0, 0.05) is 28.6 Å². The van der Waals surface area contributed by atoms with Crippen molar-refractivity contribution < 1.29 is 14.7 Å². The first-order valence-electron chi connectivity index (χ1n) is 13.2. The van der Waals surface area contributed by atoms with Gasteiger partial charge in [-0.25, -0.2) is 4.79 Å². The van der Waals surface area contributed by atoms with Crippen molar-refractivity contribution in [2.45, 2.75) is 68.1 Å². The van der Waals surface area contributed by atoms with Crippen LogP contribution >= 0.6 is 11.8 Å². The number of urea groups is 1. The van der Waals surface area contributed by atoms with Crippen LogP contribution in [0, 0.1) is 0 Å². The zero-order chi connectivity index (χ0) is 26.5. The van der Waals surface area contributed by atoms with Crippen molar-refractivity contribution in [1.29, 1.82) is 0 Å². The highest BCUT2D eigenvalue weighted by atomic mass is 32.2. The zero-order valence-corrected chi connectivity index (χ0v) is 22.7. The lowest BCUT2D eigenvalue weighted by Gasteiger charge is -2.24. The fraction of sp³-hybridized carbons (Fsp3) is 0.355. The van der Waals surface area contributed by atoms with Crippen molar-refractivity contribution in [3.63, 3.8) is 0 Å². The van der Waals surface area contributed by atoms with Crippen LogP contribution in [0.25, 0.3) is 0 Å². The molecule has 2 amide bonds. The van der Waals surface area contributed by atoms with Gasteiger partial charge in [-0.3, -0.25) is 9.69 Å². The molecule has 3 rings (SSSR count). The van der Waals surface area contributed by atoms with E-state index in [9.17, 15) is 14.7 Å². The summed E-state index contributed by atoms with van der Waals surface area (Å²) >= 11 is 1.60. The fourth-order valence-corrected chi connectivity index (χ4v) is 5.12. The van der Waals surface area contributed by atoms with E-state index in [0.29, 0.717) is 19.5 Å². The third-order valence-corrected chi connectivity index (χ3v) is 7.37. The Morgan fingerprint density at radius 3 is 2.32 bits per heavy atom. The van der Waals surface area contributed by atoms with E-state index < -0.39 is 11.9 Å². The van der Waals surface area contributed by atoms with Crippen molar-refractivity contribution in [2.75, 3.05) is 18.0 Å². The SMILES string of the molecule is CCCCCCNC(=O)N(CCc1ccccc1)c1cccc(Sc2ccc(C(CC)C(=O)O)cc2)c1. The van der Waals surface area contributed by atoms with E-state index >= 15 is 0 Å². The van der Waals surface area contributed by atoms with E-state index in [-0.39, 0.29) is 6.03 Å². The van der Waals surface area contributed by atoms with Crippen LogP contribution in [0.15, 0.2) is 88.7 Å². The minimum Gasteiger partial charge on any atom is -0.481 e. The highest BCUT2D eigenvalue weighted by Gasteiger charge is 2.18. The Morgan fingerprint density at radius 2 is 1.65 bits per heavy atom. The normalized spacial score (nSPS) is 11.6. The van der Waals surface area contributed by atoms with Gasteiger partial charge in [-0.05, 0) is 60.7 Å². The van der Waals surface area contributed by atoms with Crippen molar-refractivity contribution in [1.82, 2.24) is 5.32 Å². The number of carbonyl (C=O) groups is 2. The third kappa shape index (κ3) is 8.97. The number of benzene rings is 3. The predicted octanol–water partition coefficient (Wildman–Crippen LogP) is 7.76. The van der Waals surface area contributed by atoms with Crippen molar-refractivity contribution in [3.05, 3.63) is 90.0 Å². The highest BCUT2D eigenvalue weighted by molar-refractivity contribution is 7.99. The number of aliphatic carboxylic acids is 1. The first kappa shape index (κ1) is 28.3. The largest absolute Gasteiger partial charge is 0.481 e. The number of anilines is 1. The van der Waals surface area contributed by atoms with E-state index in [2.05, 4.69) is 24.4 Å². The number of amides is 2. The Kier molecular flexibility index (Phi) is 11.6. The van der Waals surface area contributed by atoms with Crippen molar-refractivity contribution in [2.24, 2.45) is 0 Å². The predicted molar refractivity (Wildman–Crippen MR) is 153 cm³/mol. The molecule has 3 aromatic carbocycles. The molecule has 0 aliphatic carbocycles. The molecule has 6 heteroatoms. The first-order chi connectivity index (χ1) is 18.0. The van der Waals surface area contributed by atoms with Gasteiger partial charge >= 0.3 is 12.0 Å². The van der Waals surface area contributed by atoms with Gasteiger partial charge in [-0.2, -0.15) is 0 Å². The Bertz CT molecular complexity index is 1120. The van der Waals surface area contributed by atoms with Gasteiger partial charge in [0.05, 0.1) is 5.92 Å². The van der Waals surface area contributed by atoms with E-state index in [0.717, 1.165) is 40.3 Å². The zero-order valence-electron chi connectivity index (χ0n) is 21.9. The lowest BCUT2D eigenvalue weighted by Crippen LogP contribution is -2.41. The molecule has 0 saturated carbocycles. The molecule has 0 radical (unpaired) electrons. The molecule has 1 unspecified atom stereocenters. The Labute approximate surface area is 225 Å². The molecule has 0 bridgehead atoms. The van der Waals surface area contributed by atoms with Crippen LogP contribution < -0.4 is 10.2 Å². The van der Waals surface area contributed by atoms with Crippen LogP contribution in [0.4, 0.5) is 10.5 Å². The van der Waals surface area contributed by atoms with Gasteiger partial charge in [0.25, 0.3) is 0 Å². The number of rotatable bonds is 14. The van der Waals surface area contributed by atoms with Gasteiger partial charge < -0.3 is 10.4 Å². The topological polar surface area (TPSA) is 69.6 Å².